The molecule has 0 saturated heterocycles. The number of fused-ring (bicyclic) bond motifs is 3. The second kappa shape index (κ2) is 9.25. The summed E-state index contributed by atoms with van der Waals surface area (Å²) >= 11 is 0. The quantitative estimate of drug-likeness (QED) is 0.414. The standard InChI is InChI=1S/C22H30BNO2/c1-2-3-4-5-6-7-8-11-16-24-21-13-10-9-12-19(21)20-17-18(23(25)26)14-15-22(20)24/h9-10,12-15,17,25-26H,2-8,11,16H2,1H3. The fourth-order valence-corrected chi connectivity index (χ4v) is 3.88. The van der Waals surface area contributed by atoms with E-state index >= 15 is 0 Å². The molecule has 2 aromatic carbocycles. The monoisotopic (exact) mass is 351 g/mol. The van der Waals surface area contributed by atoms with Crippen LogP contribution >= 0.6 is 0 Å². The van der Waals surface area contributed by atoms with E-state index in [0.717, 1.165) is 11.9 Å². The van der Waals surface area contributed by atoms with Gasteiger partial charge in [-0.3, -0.25) is 0 Å². The minimum absolute atomic E-state index is 0.549. The molecule has 0 unspecified atom stereocenters. The first-order valence-corrected chi connectivity index (χ1v) is 10.1. The second-order valence-electron chi connectivity index (χ2n) is 7.29. The molecular weight excluding hydrogens is 321 g/mol. The summed E-state index contributed by atoms with van der Waals surface area (Å²) in [6.45, 7) is 3.27. The Labute approximate surface area is 156 Å². The van der Waals surface area contributed by atoms with E-state index in [1.807, 2.05) is 24.3 Å². The molecule has 3 aromatic rings. The van der Waals surface area contributed by atoms with Crippen molar-refractivity contribution in [2.45, 2.75) is 64.8 Å². The molecule has 1 heterocycles. The molecule has 138 valence electrons. The van der Waals surface area contributed by atoms with Crippen molar-refractivity contribution in [3.05, 3.63) is 42.5 Å². The lowest BCUT2D eigenvalue weighted by atomic mass is 9.80. The van der Waals surface area contributed by atoms with Crippen LogP contribution in [0.1, 0.15) is 58.3 Å². The molecule has 0 aliphatic rings. The molecule has 0 aliphatic heterocycles. The highest BCUT2D eigenvalue weighted by Gasteiger charge is 2.15. The Morgan fingerprint density at radius 3 is 2.15 bits per heavy atom. The lowest BCUT2D eigenvalue weighted by Gasteiger charge is -2.08. The summed E-state index contributed by atoms with van der Waals surface area (Å²) in [5.74, 6) is 0. The minimum atomic E-state index is -1.42. The van der Waals surface area contributed by atoms with Gasteiger partial charge in [0.2, 0.25) is 0 Å². The first-order chi connectivity index (χ1) is 12.7. The van der Waals surface area contributed by atoms with Gasteiger partial charge in [0.25, 0.3) is 0 Å². The number of unbranched alkanes of at least 4 members (excludes halogenated alkanes) is 7. The van der Waals surface area contributed by atoms with Crippen LogP contribution in [0.15, 0.2) is 42.5 Å². The SMILES string of the molecule is CCCCCCCCCCn1c2ccccc2c2cc(B(O)O)ccc21. The first kappa shape index (κ1) is 19.0. The third kappa shape index (κ3) is 4.31. The van der Waals surface area contributed by atoms with E-state index in [1.54, 1.807) is 0 Å². The summed E-state index contributed by atoms with van der Waals surface area (Å²) in [6, 6.07) is 14.2. The van der Waals surface area contributed by atoms with Crippen LogP contribution in [0.2, 0.25) is 0 Å². The second-order valence-corrected chi connectivity index (χ2v) is 7.29. The molecule has 4 heteroatoms. The molecule has 0 aliphatic carbocycles. The smallest absolute Gasteiger partial charge is 0.423 e. The van der Waals surface area contributed by atoms with Gasteiger partial charge in [-0.15, -0.1) is 0 Å². The van der Waals surface area contributed by atoms with Crippen molar-refractivity contribution < 1.29 is 10.0 Å². The molecule has 0 saturated carbocycles. The molecule has 0 spiro atoms. The van der Waals surface area contributed by atoms with Gasteiger partial charge in [0.05, 0.1) is 0 Å². The Hall–Kier alpha value is -1.78. The number of hydrogen-bond acceptors (Lipinski definition) is 2. The molecule has 26 heavy (non-hydrogen) atoms. The fraction of sp³-hybridized carbons (Fsp3) is 0.455. The van der Waals surface area contributed by atoms with E-state index < -0.39 is 7.12 Å². The van der Waals surface area contributed by atoms with Crippen LogP contribution in [0, 0.1) is 0 Å². The van der Waals surface area contributed by atoms with Crippen LogP contribution in [0.3, 0.4) is 0 Å². The van der Waals surface area contributed by atoms with Crippen LogP contribution in [-0.4, -0.2) is 21.7 Å². The molecule has 0 fully saturated rings. The average Bonchev–Trinajstić information content (AvgIpc) is 2.97. The lowest BCUT2D eigenvalue weighted by Crippen LogP contribution is -2.29. The molecule has 3 nitrogen and oxygen atoms in total. The van der Waals surface area contributed by atoms with Gasteiger partial charge in [0, 0.05) is 28.4 Å². The number of benzene rings is 2. The van der Waals surface area contributed by atoms with Crippen molar-refractivity contribution in [1.29, 1.82) is 0 Å². The summed E-state index contributed by atoms with van der Waals surface area (Å²) < 4.78 is 2.38. The van der Waals surface area contributed by atoms with E-state index in [4.69, 9.17) is 0 Å². The minimum Gasteiger partial charge on any atom is -0.423 e. The van der Waals surface area contributed by atoms with Crippen LogP contribution in [0.4, 0.5) is 0 Å². The predicted molar refractivity (Wildman–Crippen MR) is 112 cm³/mol. The Morgan fingerprint density at radius 1 is 0.769 bits per heavy atom. The van der Waals surface area contributed by atoms with Gasteiger partial charge in [-0.05, 0) is 24.0 Å². The molecular formula is C22H30BNO2. The van der Waals surface area contributed by atoms with Gasteiger partial charge in [-0.2, -0.15) is 0 Å². The molecule has 2 N–H and O–H groups in total. The molecule has 0 bridgehead atoms. The summed E-state index contributed by atoms with van der Waals surface area (Å²) in [7, 11) is -1.42. The largest absolute Gasteiger partial charge is 0.488 e. The maximum Gasteiger partial charge on any atom is 0.488 e. The van der Waals surface area contributed by atoms with E-state index in [-0.39, 0.29) is 0 Å². The first-order valence-electron chi connectivity index (χ1n) is 10.1. The van der Waals surface area contributed by atoms with Gasteiger partial charge >= 0.3 is 7.12 Å². The molecule has 0 radical (unpaired) electrons. The van der Waals surface area contributed by atoms with Gasteiger partial charge < -0.3 is 14.6 Å². The van der Waals surface area contributed by atoms with Crippen molar-refractivity contribution in [2.75, 3.05) is 0 Å². The zero-order valence-electron chi connectivity index (χ0n) is 15.8. The fourth-order valence-electron chi connectivity index (χ4n) is 3.88. The van der Waals surface area contributed by atoms with Crippen LogP contribution in [-0.2, 0) is 6.54 Å². The van der Waals surface area contributed by atoms with E-state index in [2.05, 4.69) is 29.7 Å². The molecule has 3 rings (SSSR count). The Bertz CT molecular complexity index is 841. The van der Waals surface area contributed by atoms with Gasteiger partial charge in [-0.1, -0.05) is 82.2 Å². The maximum atomic E-state index is 9.49. The third-order valence-electron chi connectivity index (χ3n) is 5.33. The van der Waals surface area contributed by atoms with Crippen molar-refractivity contribution in [3.63, 3.8) is 0 Å². The summed E-state index contributed by atoms with van der Waals surface area (Å²) in [5.41, 5.74) is 2.96. The van der Waals surface area contributed by atoms with Gasteiger partial charge in [-0.25, -0.2) is 0 Å². The number of aromatic nitrogens is 1. The van der Waals surface area contributed by atoms with E-state index in [1.165, 1.54) is 67.8 Å². The highest BCUT2D eigenvalue weighted by Crippen LogP contribution is 2.28. The number of rotatable bonds is 10. The Morgan fingerprint density at radius 2 is 1.42 bits per heavy atom. The van der Waals surface area contributed by atoms with Crippen molar-refractivity contribution in [3.8, 4) is 0 Å². The normalized spacial score (nSPS) is 11.5. The highest BCUT2D eigenvalue weighted by molar-refractivity contribution is 6.59. The van der Waals surface area contributed by atoms with Crippen molar-refractivity contribution >= 4 is 34.4 Å². The zero-order chi connectivity index (χ0) is 18.4. The van der Waals surface area contributed by atoms with E-state index in [0.29, 0.717) is 5.46 Å². The average molecular weight is 351 g/mol. The Kier molecular flexibility index (Phi) is 6.76. The number of nitrogens with zero attached hydrogens (tertiary/aromatic N) is 1. The van der Waals surface area contributed by atoms with Crippen molar-refractivity contribution in [1.82, 2.24) is 4.57 Å². The zero-order valence-corrected chi connectivity index (χ0v) is 15.8. The summed E-state index contributed by atoms with van der Waals surface area (Å²) in [6.07, 6.45) is 10.6. The van der Waals surface area contributed by atoms with Gasteiger partial charge in [0.1, 0.15) is 0 Å². The molecule has 0 atom stereocenters. The van der Waals surface area contributed by atoms with E-state index in [9.17, 15) is 10.0 Å². The van der Waals surface area contributed by atoms with Gasteiger partial charge in [0.15, 0.2) is 0 Å². The van der Waals surface area contributed by atoms with Crippen LogP contribution < -0.4 is 5.46 Å². The molecule has 1 aromatic heterocycles. The Balaban J connectivity index is 1.71. The van der Waals surface area contributed by atoms with Crippen LogP contribution in [0.25, 0.3) is 21.8 Å². The summed E-state index contributed by atoms with van der Waals surface area (Å²) in [5, 5.41) is 21.3. The summed E-state index contributed by atoms with van der Waals surface area (Å²) in [4.78, 5) is 0. The van der Waals surface area contributed by atoms with Crippen molar-refractivity contribution in [2.24, 2.45) is 0 Å². The number of para-hydroxylation sites is 1. The predicted octanol–water partition coefficient (Wildman–Crippen LogP) is 4.62. The highest BCUT2D eigenvalue weighted by atomic mass is 16.4. The molecule has 0 amide bonds. The number of hydrogen-bond donors (Lipinski definition) is 2. The van der Waals surface area contributed by atoms with Crippen LogP contribution in [0.5, 0.6) is 0 Å². The lowest BCUT2D eigenvalue weighted by molar-refractivity contribution is 0.426. The topological polar surface area (TPSA) is 45.4 Å². The maximum absolute atomic E-state index is 9.49. The third-order valence-corrected chi connectivity index (χ3v) is 5.33. The number of aryl methyl sites for hydroxylation is 1.